The maximum atomic E-state index is 6.43. The molecule has 1 aromatic carbocycles. The van der Waals surface area contributed by atoms with E-state index < -0.39 is 5.54 Å². The standard InChI is InChI=1S/C17H23N3O/c1-3-12-9-10-13(11-12)15-19-16(21-20-15)17(2,18)14-7-5-4-6-8-14/h4-8,12-13H,3,9-11,18H2,1-2H3. The highest BCUT2D eigenvalue weighted by Gasteiger charge is 2.33. The van der Waals surface area contributed by atoms with Crippen molar-refractivity contribution in [1.29, 1.82) is 0 Å². The lowest BCUT2D eigenvalue weighted by atomic mass is 9.93. The first-order valence-corrected chi connectivity index (χ1v) is 7.79. The summed E-state index contributed by atoms with van der Waals surface area (Å²) in [6.07, 6.45) is 4.83. The summed E-state index contributed by atoms with van der Waals surface area (Å²) in [5, 5.41) is 4.19. The first kappa shape index (κ1) is 14.3. The van der Waals surface area contributed by atoms with Crippen LogP contribution in [0.15, 0.2) is 34.9 Å². The Kier molecular flexibility index (Phi) is 3.81. The third kappa shape index (κ3) is 2.72. The van der Waals surface area contributed by atoms with Gasteiger partial charge in [-0.2, -0.15) is 4.98 Å². The van der Waals surface area contributed by atoms with Gasteiger partial charge in [-0.25, -0.2) is 0 Å². The zero-order valence-electron chi connectivity index (χ0n) is 12.7. The number of rotatable bonds is 4. The fourth-order valence-corrected chi connectivity index (χ4v) is 3.20. The van der Waals surface area contributed by atoms with Gasteiger partial charge >= 0.3 is 0 Å². The van der Waals surface area contributed by atoms with Crippen molar-refractivity contribution in [3.05, 3.63) is 47.6 Å². The Morgan fingerprint density at radius 2 is 2.05 bits per heavy atom. The molecular formula is C17H23N3O. The van der Waals surface area contributed by atoms with Crippen molar-refractivity contribution in [2.45, 2.75) is 51.0 Å². The topological polar surface area (TPSA) is 64.9 Å². The van der Waals surface area contributed by atoms with Crippen molar-refractivity contribution in [3.8, 4) is 0 Å². The minimum absolute atomic E-state index is 0.430. The number of hydrogen-bond acceptors (Lipinski definition) is 4. The zero-order valence-corrected chi connectivity index (χ0v) is 12.7. The van der Waals surface area contributed by atoms with Crippen LogP contribution in [0.2, 0.25) is 0 Å². The Bertz CT molecular complexity index is 591. The molecule has 3 unspecified atom stereocenters. The van der Waals surface area contributed by atoms with E-state index in [4.69, 9.17) is 10.3 Å². The van der Waals surface area contributed by atoms with Gasteiger partial charge in [-0.1, -0.05) is 48.8 Å². The summed E-state index contributed by atoms with van der Waals surface area (Å²) in [6, 6.07) is 9.91. The molecule has 112 valence electrons. The first-order valence-electron chi connectivity index (χ1n) is 7.79. The molecule has 4 nitrogen and oxygen atoms in total. The Labute approximate surface area is 125 Å². The molecule has 0 amide bonds. The number of nitrogens with zero attached hydrogens (tertiary/aromatic N) is 2. The molecule has 4 heteroatoms. The van der Waals surface area contributed by atoms with Crippen molar-refractivity contribution < 1.29 is 4.52 Å². The molecule has 1 aliphatic rings. The van der Waals surface area contributed by atoms with Crippen LogP contribution in [-0.4, -0.2) is 10.1 Å². The molecule has 2 N–H and O–H groups in total. The molecule has 3 rings (SSSR count). The van der Waals surface area contributed by atoms with Crippen LogP contribution in [0.5, 0.6) is 0 Å². The molecule has 1 aliphatic carbocycles. The van der Waals surface area contributed by atoms with Crippen LogP contribution in [0.4, 0.5) is 0 Å². The summed E-state index contributed by atoms with van der Waals surface area (Å²) in [5.41, 5.74) is 6.67. The van der Waals surface area contributed by atoms with Crippen LogP contribution in [0.25, 0.3) is 0 Å². The van der Waals surface area contributed by atoms with Gasteiger partial charge in [0.1, 0.15) is 5.54 Å². The Morgan fingerprint density at radius 3 is 2.71 bits per heavy atom. The van der Waals surface area contributed by atoms with Crippen molar-refractivity contribution in [1.82, 2.24) is 10.1 Å². The summed E-state index contributed by atoms with van der Waals surface area (Å²) in [4.78, 5) is 4.61. The van der Waals surface area contributed by atoms with Crippen molar-refractivity contribution in [3.63, 3.8) is 0 Å². The third-order valence-corrected chi connectivity index (χ3v) is 4.74. The molecule has 2 aromatic rings. The summed E-state index contributed by atoms with van der Waals surface area (Å²) in [7, 11) is 0. The average Bonchev–Trinajstić information content (AvgIpc) is 3.17. The van der Waals surface area contributed by atoms with E-state index in [0.29, 0.717) is 11.8 Å². The van der Waals surface area contributed by atoms with E-state index in [1.54, 1.807) is 0 Å². The SMILES string of the molecule is CCC1CCC(c2noc(C(C)(N)c3ccccc3)n2)C1. The molecule has 0 spiro atoms. The quantitative estimate of drug-likeness (QED) is 0.932. The summed E-state index contributed by atoms with van der Waals surface area (Å²) < 4.78 is 5.48. The second-order valence-electron chi connectivity index (χ2n) is 6.31. The molecule has 3 atom stereocenters. The molecule has 1 aromatic heterocycles. The Hall–Kier alpha value is -1.68. The summed E-state index contributed by atoms with van der Waals surface area (Å²) in [6.45, 7) is 4.17. The fraction of sp³-hybridized carbons (Fsp3) is 0.529. The highest BCUT2D eigenvalue weighted by atomic mass is 16.5. The van der Waals surface area contributed by atoms with Crippen LogP contribution >= 0.6 is 0 Å². The van der Waals surface area contributed by atoms with Crippen molar-refractivity contribution in [2.75, 3.05) is 0 Å². The predicted octanol–water partition coefficient (Wildman–Crippen LogP) is 3.59. The average molecular weight is 285 g/mol. The van der Waals surface area contributed by atoms with E-state index in [0.717, 1.165) is 23.7 Å². The summed E-state index contributed by atoms with van der Waals surface area (Å²) >= 11 is 0. The Morgan fingerprint density at radius 1 is 1.29 bits per heavy atom. The van der Waals surface area contributed by atoms with E-state index in [-0.39, 0.29) is 0 Å². The Balaban J connectivity index is 1.82. The van der Waals surface area contributed by atoms with Gasteiger partial charge < -0.3 is 10.3 Å². The largest absolute Gasteiger partial charge is 0.337 e. The third-order valence-electron chi connectivity index (χ3n) is 4.74. The van der Waals surface area contributed by atoms with Crippen LogP contribution in [0.3, 0.4) is 0 Å². The van der Waals surface area contributed by atoms with E-state index in [1.807, 2.05) is 37.3 Å². The normalized spacial score (nSPS) is 24.9. The van der Waals surface area contributed by atoms with Gasteiger partial charge in [0.2, 0.25) is 0 Å². The molecule has 0 saturated heterocycles. The van der Waals surface area contributed by atoms with Crippen LogP contribution in [0, 0.1) is 5.92 Å². The fourth-order valence-electron chi connectivity index (χ4n) is 3.20. The van der Waals surface area contributed by atoms with E-state index in [2.05, 4.69) is 17.1 Å². The molecule has 0 bridgehead atoms. The lowest BCUT2D eigenvalue weighted by Gasteiger charge is -2.20. The first-order chi connectivity index (χ1) is 10.1. The lowest BCUT2D eigenvalue weighted by molar-refractivity contribution is 0.321. The van der Waals surface area contributed by atoms with Crippen molar-refractivity contribution >= 4 is 0 Å². The number of hydrogen-bond donors (Lipinski definition) is 1. The molecule has 21 heavy (non-hydrogen) atoms. The monoisotopic (exact) mass is 285 g/mol. The van der Waals surface area contributed by atoms with Gasteiger partial charge in [-0.05, 0) is 37.7 Å². The lowest BCUT2D eigenvalue weighted by Crippen LogP contribution is -2.34. The van der Waals surface area contributed by atoms with Crippen LogP contribution in [-0.2, 0) is 5.54 Å². The highest BCUT2D eigenvalue weighted by molar-refractivity contribution is 5.29. The maximum Gasteiger partial charge on any atom is 0.251 e. The molecule has 1 saturated carbocycles. The molecule has 0 radical (unpaired) electrons. The number of benzene rings is 1. The van der Waals surface area contributed by atoms with Gasteiger partial charge in [0.25, 0.3) is 5.89 Å². The van der Waals surface area contributed by atoms with Gasteiger partial charge in [-0.3, -0.25) is 0 Å². The maximum absolute atomic E-state index is 6.43. The smallest absolute Gasteiger partial charge is 0.251 e. The van der Waals surface area contributed by atoms with E-state index >= 15 is 0 Å². The molecular weight excluding hydrogens is 262 g/mol. The van der Waals surface area contributed by atoms with Crippen LogP contribution in [0.1, 0.15) is 62.7 Å². The highest BCUT2D eigenvalue weighted by Crippen LogP contribution is 2.39. The van der Waals surface area contributed by atoms with Gasteiger partial charge in [0.15, 0.2) is 5.82 Å². The second kappa shape index (κ2) is 5.60. The molecule has 1 fully saturated rings. The van der Waals surface area contributed by atoms with Crippen LogP contribution < -0.4 is 5.73 Å². The van der Waals surface area contributed by atoms with E-state index in [1.165, 1.54) is 19.3 Å². The van der Waals surface area contributed by atoms with E-state index in [9.17, 15) is 0 Å². The number of nitrogens with two attached hydrogens (primary N) is 1. The number of aromatic nitrogens is 2. The summed E-state index contributed by atoms with van der Waals surface area (Å²) in [5.74, 6) is 2.56. The minimum Gasteiger partial charge on any atom is -0.337 e. The van der Waals surface area contributed by atoms with Crippen molar-refractivity contribution in [2.24, 2.45) is 11.7 Å². The molecule has 1 heterocycles. The van der Waals surface area contributed by atoms with Gasteiger partial charge in [0, 0.05) is 5.92 Å². The molecule has 0 aliphatic heterocycles. The van der Waals surface area contributed by atoms with Gasteiger partial charge in [-0.15, -0.1) is 0 Å². The predicted molar refractivity (Wildman–Crippen MR) is 81.8 cm³/mol. The minimum atomic E-state index is -0.741. The second-order valence-corrected chi connectivity index (χ2v) is 6.31. The zero-order chi connectivity index (χ0) is 14.9. The van der Waals surface area contributed by atoms with Gasteiger partial charge in [0.05, 0.1) is 0 Å².